The largest absolute Gasteiger partial charge is 0.481 e. The molecule has 3 N–H and O–H groups in total. The van der Waals surface area contributed by atoms with Gasteiger partial charge >= 0.3 is 12.1 Å². The lowest BCUT2D eigenvalue weighted by atomic mass is 9.78. The number of carbonyl (C=O) groups excluding carboxylic acids is 2. The molecule has 0 aliphatic heterocycles. The fourth-order valence-corrected chi connectivity index (χ4v) is 5.24. The third-order valence-corrected chi connectivity index (χ3v) is 7.03. The third kappa shape index (κ3) is 6.02. The Labute approximate surface area is 206 Å². The van der Waals surface area contributed by atoms with Crippen LogP contribution >= 0.6 is 0 Å². The maximum absolute atomic E-state index is 12.4. The van der Waals surface area contributed by atoms with E-state index in [1.165, 1.54) is 22.3 Å². The molecule has 0 heterocycles. The lowest BCUT2D eigenvalue weighted by Gasteiger charge is -2.35. The molecule has 2 amide bonds. The zero-order valence-electron chi connectivity index (χ0n) is 20.3. The van der Waals surface area contributed by atoms with E-state index in [-0.39, 0.29) is 42.9 Å². The van der Waals surface area contributed by atoms with E-state index in [0.717, 1.165) is 0 Å². The SMILES string of the molecule is CC(C)CC(CNC(=O)CC1CC(NC(=O)OCC2c3ccccc3-c3ccccc32)C1)C(=O)O. The second kappa shape index (κ2) is 10.9. The van der Waals surface area contributed by atoms with E-state index >= 15 is 0 Å². The first-order valence-electron chi connectivity index (χ1n) is 12.4. The van der Waals surface area contributed by atoms with E-state index in [1.54, 1.807) is 0 Å². The van der Waals surface area contributed by atoms with Gasteiger partial charge in [0, 0.05) is 24.9 Å². The molecule has 0 bridgehead atoms. The van der Waals surface area contributed by atoms with E-state index in [2.05, 4.69) is 34.9 Å². The Morgan fingerprint density at radius 3 is 2.17 bits per heavy atom. The summed E-state index contributed by atoms with van der Waals surface area (Å²) in [6.07, 6.45) is 1.87. The number of hydrogen-bond donors (Lipinski definition) is 3. The summed E-state index contributed by atoms with van der Waals surface area (Å²) in [5, 5.41) is 15.0. The zero-order chi connectivity index (χ0) is 24.9. The Kier molecular flexibility index (Phi) is 7.73. The number of benzene rings is 2. The number of carboxylic acids is 1. The Bertz CT molecular complexity index is 1030. The van der Waals surface area contributed by atoms with Gasteiger partial charge in [0.05, 0.1) is 5.92 Å². The molecule has 2 aliphatic rings. The second-order valence-electron chi connectivity index (χ2n) is 10.2. The minimum Gasteiger partial charge on any atom is -0.481 e. The quantitative estimate of drug-likeness (QED) is 0.464. The van der Waals surface area contributed by atoms with Crippen LogP contribution in [0.4, 0.5) is 4.79 Å². The van der Waals surface area contributed by atoms with Crippen LogP contribution in [0.2, 0.25) is 0 Å². The van der Waals surface area contributed by atoms with Gasteiger partial charge in [-0.1, -0.05) is 62.4 Å². The number of ether oxygens (including phenoxy) is 1. The highest BCUT2D eigenvalue weighted by Crippen LogP contribution is 2.44. The van der Waals surface area contributed by atoms with Crippen molar-refractivity contribution >= 4 is 18.0 Å². The van der Waals surface area contributed by atoms with Crippen molar-refractivity contribution in [3.05, 3.63) is 59.7 Å². The summed E-state index contributed by atoms with van der Waals surface area (Å²) in [7, 11) is 0. The molecule has 7 nitrogen and oxygen atoms in total. The van der Waals surface area contributed by atoms with Crippen molar-refractivity contribution in [3.8, 4) is 11.1 Å². The van der Waals surface area contributed by atoms with Gasteiger partial charge < -0.3 is 20.5 Å². The molecule has 35 heavy (non-hydrogen) atoms. The summed E-state index contributed by atoms with van der Waals surface area (Å²) >= 11 is 0. The first kappa shape index (κ1) is 24.8. The van der Waals surface area contributed by atoms with Gasteiger partial charge in [-0.3, -0.25) is 9.59 Å². The monoisotopic (exact) mass is 478 g/mol. The highest BCUT2D eigenvalue weighted by molar-refractivity contribution is 5.79. The van der Waals surface area contributed by atoms with E-state index < -0.39 is 18.0 Å². The predicted molar refractivity (Wildman–Crippen MR) is 133 cm³/mol. The number of carboxylic acid groups (broad SMARTS) is 1. The van der Waals surface area contributed by atoms with E-state index in [1.807, 2.05) is 38.1 Å². The van der Waals surface area contributed by atoms with Crippen LogP contribution in [0.25, 0.3) is 11.1 Å². The van der Waals surface area contributed by atoms with Crippen LogP contribution in [0.5, 0.6) is 0 Å². The molecular formula is C28H34N2O5. The molecule has 1 atom stereocenters. The maximum atomic E-state index is 12.4. The van der Waals surface area contributed by atoms with Crippen LogP contribution in [-0.4, -0.2) is 42.3 Å². The summed E-state index contributed by atoms with van der Waals surface area (Å²) in [6, 6.07) is 16.4. The van der Waals surface area contributed by atoms with Crippen molar-refractivity contribution in [2.24, 2.45) is 17.8 Å². The molecule has 2 aromatic carbocycles. The molecule has 0 spiro atoms. The second-order valence-corrected chi connectivity index (χ2v) is 10.2. The van der Waals surface area contributed by atoms with Gasteiger partial charge in [0.15, 0.2) is 0 Å². The van der Waals surface area contributed by atoms with Crippen LogP contribution in [0, 0.1) is 17.8 Å². The highest BCUT2D eigenvalue weighted by Gasteiger charge is 2.33. The number of amides is 2. The van der Waals surface area contributed by atoms with Crippen molar-refractivity contribution in [2.45, 2.75) is 51.5 Å². The number of alkyl carbamates (subject to hydrolysis) is 1. The Hall–Kier alpha value is -3.35. The number of rotatable bonds is 10. The molecule has 0 aromatic heterocycles. The van der Waals surface area contributed by atoms with Crippen LogP contribution in [0.3, 0.4) is 0 Å². The summed E-state index contributed by atoms with van der Waals surface area (Å²) in [5.41, 5.74) is 4.73. The van der Waals surface area contributed by atoms with Gasteiger partial charge in [0.25, 0.3) is 0 Å². The van der Waals surface area contributed by atoms with Crippen molar-refractivity contribution in [1.29, 1.82) is 0 Å². The minimum absolute atomic E-state index is 0.00356. The molecule has 186 valence electrons. The molecule has 1 saturated carbocycles. The molecule has 0 saturated heterocycles. The average molecular weight is 479 g/mol. The topological polar surface area (TPSA) is 105 Å². The summed E-state index contributed by atoms with van der Waals surface area (Å²) in [4.78, 5) is 36.0. The molecule has 4 rings (SSSR count). The summed E-state index contributed by atoms with van der Waals surface area (Å²) in [6.45, 7) is 4.37. The maximum Gasteiger partial charge on any atom is 0.407 e. The smallest absolute Gasteiger partial charge is 0.407 e. The summed E-state index contributed by atoms with van der Waals surface area (Å²) in [5.74, 6) is -1.12. The summed E-state index contributed by atoms with van der Waals surface area (Å²) < 4.78 is 5.60. The Morgan fingerprint density at radius 1 is 1.00 bits per heavy atom. The number of carbonyl (C=O) groups is 3. The molecule has 2 aromatic rings. The Morgan fingerprint density at radius 2 is 1.60 bits per heavy atom. The fraction of sp³-hybridized carbons (Fsp3) is 0.464. The number of fused-ring (bicyclic) bond motifs is 3. The van der Waals surface area contributed by atoms with Crippen molar-refractivity contribution in [2.75, 3.05) is 13.2 Å². The number of nitrogens with one attached hydrogen (secondary N) is 2. The van der Waals surface area contributed by atoms with Gasteiger partial charge in [0.1, 0.15) is 6.61 Å². The number of aliphatic carboxylic acids is 1. The van der Waals surface area contributed by atoms with Crippen LogP contribution < -0.4 is 10.6 Å². The molecule has 0 radical (unpaired) electrons. The van der Waals surface area contributed by atoms with Crippen molar-refractivity contribution in [3.63, 3.8) is 0 Å². The molecule has 2 aliphatic carbocycles. The lowest BCUT2D eigenvalue weighted by Crippen LogP contribution is -2.46. The molecule has 1 fully saturated rings. The normalized spacial score (nSPS) is 19.3. The predicted octanol–water partition coefficient (Wildman–Crippen LogP) is 4.56. The first-order chi connectivity index (χ1) is 16.8. The van der Waals surface area contributed by atoms with Crippen LogP contribution in [-0.2, 0) is 14.3 Å². The minimum atomic E-state index is -0.880. The van der Waals surface area contributed by atoms with E-state index in [0.29, 0.717) is 25.7 Å². The van der Waals surface area contributed by atoms with E-state index in [9.17, 15) is 19.5 Å². The highest BCUT2D eigenvalue weighted by atomic mass is 16.5. The fourth-order valence-electron chi connectivity index (χ4n) is 5.24. The van der Waals surface area contributed by atoms with Crippen molar-refractivity contribution < 1.29 is 24.2 Å². The third-order valence-electron chi connectivity index (χ3n) is 7.03. The first-order valence-corrected chi connectivity index (χ1v) is 12.4. The van der Waals surface area contributed by atoms with Gasteiger partial charge in [-0.15, -0.1) is 0 Å². The van der Waals surface area contributed by atoms with Crippen molar-refractivity contribution in [1.82, 2.24) is 10.6 Å². The van der Waals surface area contributed by atoms with E-state index in [4.69, 9.17) is 4.74 Å². The van der Waals surface area contributed by atoms with Gasteiger partial charge in [-0.05, 0) is 53.4 Å². The Balaban J connectivity index is 1.18. The van der Waals surface area contributed by atoms with Crippen LogP contribution in [0.15, 0.2) is 48.5 Å². The van der Waals surface area contributed by atoms with Crippen LogP contribution in [0.1, 0.15) is 56.6 Å². The van der Waals surface area contributed by atoms with Gasteiger partial charge in [0.2, 0.25) is 5.91 Å². The average Bonchev–Trinajstić information content (AvgIpc) is 3.12. The van der Waals surface area contributed by atoms with Gasteiger partial charge in [-0.2, -0.15) is 0 Å². The lowest BCUT2D eigenvalue weighted by molar-refractivity contribution is -0.142. The molecule has 1 unspecified atom stereocenters. The molecule has 7 heteroatoms. The van der Waals surface area contributed by atoms with Gasteiger partial charge in [-0.25, -0.2) is 4.79 Å². The zero-order valence-corrected chi connectivity index (χ0v) is 20.3. The standard InChI is InChI=1S/C28H34N2O5/c1-17(2)11-19(27(32)33)15-29-26(31)14-18-12-20(13-18)30-28(34)35-16-25-23-9-5-3-7-21(23)22-8-4-6-10-24(22)25/h3-10,17-20,25H,11-16H2,1-2H3,(H,29,31)(H,30,34)(H,32,33). The molecular weight excluding hydrogens is 444 g/mol. The number of hydrogen-bond acceptors (Lipinski definition) is 4.